The summed E-state index contributed by atoms with van der Waals surface area (Å²) in [6.45, 7) is 3.91. The van der Waals surface area contributed by atoms with E-state index in [0.29, 0.717) is 6.54 Å². The number of aromatic carboxylic acids is 1. The summed E-state index contributed by atoms with van der Waals surface area (Å²) in [7, 11) is 0. The quantitative estimate of drug-likeness (QED) is 0.709. The molecule has 1 heterocycles. The Kier molecular flexibility index (Phi) is 3.28. The number of aromatic nitrogens is 1. The molecule has 1 aromatic heterocycles. The zero-order chi connectivity index (χ0) is 11.4. The second-order valence-corrected chi connectivity index (χ2v) is 2.99. The number of aliphatic carboxylic acids is 1. The lowest BCUT2D eigenvalue weighted by Gasteiger charge is -2.05. The van der Waals surface area contributed by atoms with E-state index in [2.05, 4.69) is 6.58 Å². The van der Waals surface area contributed by atoms with Crippen molar-refractivity contribution in [2.24, 2.45) is 0 Å². The maximum absolute atomic E-state index is 10.8. The first-order valence-electron chi connectivity index (χ1n) is 4.30. The van der Waals surface area contributed by atoms with Gasteiger partial charge >= 0.3 is 11.9 Å². The minimum atomic E-state index is -1.12. The second kappa shape index (κ2) is 4.45. The van der Waals surface area contributed by atoms with Gasteiger partial charge in [-0.2, -0.15) is 0 Å². The third kappa shape index (κ3) is 2.46. The van der Waals surface area contributed by atoms with E-state index in [1.807, 2.05) is 0 Å². The van der Waals surface area contributed by atoms with Crippen molar-refractivity contribution in [1.29, 1.82) is 0 Å². The molecule has 0 unspecified atom stereocenters. The predicted octanol–water partition coefficient (Wildman–Crippen LogP) is 0.999. The third-order valence-electron chi connectivity index (χ3n) is 1.95. The first kappa shape index (κ1) is 11.0. The number of nitrogens with zero attached hydrogens (tertiary/aromatic N) is 1. The van der Waals surface area contributed by atoms with Crippen LogP contribution in [0.5, 0.6) is 0 Å². The lowest BCUT2D eigenvalue weighted by atomic mass is 10.2. The van der Waals surface area contributed by atoms with Crippen LogP contribution in [0.3, 0.4) is 0 Å². The fourth-order valence-electron chi connectivity index (χ4n) is 1.35. The Hall–Kier alpha value is -2.04. The minimum absolute atomic E-state index is 0.0271. The fraction of sp³-hybridized carbons (Fsp3) is 0.200. The summed E-state index contributed by atoms with van der Waals surface area (Å²) in [6, 6.07) is 1.39. The number of carboxylic acids is 2. The molecule has 0 atom stereocenters. The zero-order valence-corrected chi connectivity index (χ0v) is 8.01. The molecule has 1 rings (SSSR count). The maximum Gasteiger partial charge on any atom is 0.337 e. The molecule has 0 aromatic carbocycles. The number of carbonyl (C=O) groups is 2. The van der Waals surface area contributed by atoms with Crippen LogP contribution in [0.1, 0.15) is 16.1 Å². The normalized spacial score (nSPS) is 9.87. The molecule has 0 aliphatic carbocycles. The molecular formula is C10H11NO4. The van der Waals surface area contributed by atoms with E-state index in [-0.39, 0.29) is 17.7 Å². The smallest absolute Gasteiger partial charge is 0.337 e. The standard InChI is InChI=1S/C10H11NO4/c1-2-4-11-5-3-7(10(14)15)8(11)6-9(12)13/h2-3,5H,1,4,6H2,(H,12,13)(H,14,15). The average Bonchev–Trinajstić information content (AvgIpc) is 2.48. The summed E-state index contributed by atoms with van der Waals surface area (Å²) in [5.41, 5.74) is 0.314. The molecule has 0 amide bonds. The van der Waals surface area contributed by atoms with Gasteiger partial charge in [0.15, 0.2) is 0 Å². The summed E-state index contributed by atoms with van der Waals surface area (Å²) >= 11 is 0. The van der Waals surface area contributed by atoms with E-state index < -0.39 is 11.9 Å². The highest BCUT2D eigenvalue weighted by Crippen LogP contribution is 2.12. The van der Waals surface area contributed by atoms with E-state index in [4.69, 9.17) is 10.2 Å². The number of hydrogen-bond donors (Lipinski definition) is 2. The lowest BCUT2D eigenvalue weighted by molar-refractivity contribution is -0.136. The van der Waals surface area contributed by atoms with Crippen molar-refractivity contribution in [1.82, 2.24) is 4.57 Å². The van der Waals surface area contributed by atoms with Crippen LogP contribution in [-0.4, -0.2) is 26.7 Å². The van der Waals surface area contributed by atoms with Crippen LogP contribution in [0, 0.1) is 0 Å². The number of hydrogen-bond acceptors (Lipinski definition) is 2. The molecule has 0 saturated carbocycles. The molecular weight excluding hydrogens is 198 g/mol. The Morgan fingerprint density at radius 2 is 2.13 bits per heavy atom. The Labute approximate surface area is 86.3 Å². The van der Waals surface area contributed by atoms with Gasteiger partial charge in [0.25, 0.3) is 0 Å². The van der Waals surface area contributed by atoms with Crippen molar-refractivity contribution < 1.29 is 19.8 Å². The summed E-state index contributed by atoms with van der Waals surface area (Å²) < 4.78 is 1.56. The van der Waals surface area contributed by atoms with Gasteiger partial charge in [-0.15, -0.1) is 6.58 Å². The third-order valence-corrected chi connectivity index (χ3v) is 1.95. The van der Waals surface area contributed by atoms with Crippen LogP contribution in [0.15, 0.2) is 24.9 Å². The van der Waals surface area contributed by atoms with Crippen molar-refractivity contribution in [2.45, 2.75) is 13.0 Å². The Morgan fingerprint density at radius 1 is 1.47 bits per heavy atom. The molecule has 80 valence electrons. The zero-order valence-electron chi connectivity index (χ0n) is 8.01. The molecule has 5 nitrogen and oxygen atoms in total. The van der Waals surface area contributed by atoms with Crippen LogP contribution in [0.4, 0.5) is 0 Å². The molecule has 1 aromatic rings. The van der Waals surface area contributed by atoms with Crippen molar-refractivity contribution in [3.05, 3.63) is 36.2 Å². The highest BCUT2D eigenvalue weighted by Gasteiger charge is 2.16. The molecule has 0 spiro atoms. The maximum atomic E-state index is 10.8. The second-order valence-electron chi connectivity index (χ2n) is 2.99. The van der Waals surface area contributed by atoms with Gasteiger partial charge in [0.2, 0.25) is 0 Å². The van der Waals surface area contributed by atoms with Crippen molar-refractivity contribution in [3.8, 4) is 0 Å². The van der Waals surface area contributed by atoms with Gasteiger partial charge in [-0.1, -0.05) is 6.08 Å². The fourth-order valence-corrected chi connectivity index (χ4v) is 1.35. The van der Waals surface area contributed by atoms with Gasteiger partial charge in [-0.25, -0.2) is 4.79 Å². The number of allylic oxidation sites excluding steroid dienone is 1. The molecule has 15 heavy (non-hydrogen) atoms. The summed E-state index contributed by atoms with van der Waals surface area (Å²) in [6.07, 6.45) is 2.82. The van der Waals surface area contributed by atoms with Crippen LogP contribution in [0.25, 0.3) is 0 Å². The van der Waals surface area contributed by atoms with E-state index >= 15 is 0 Å². The average molecular weight is 209 g/mol. The number of carboxylic acid groups (broad SMARTS) is 2. The van der Waals surface area contributed by atoms with E-state index in [1.54, 1.807) is 16.8 Å². The van der Waals surface area contributed by atoms with Crippen LogP contribution >= 0.6 is 0 Å². The topological polar surface area (TPSA) is 79.5 Å². The van der Waals surface area contributed by atoms with Crippen molar-refractivity contribution in [2.75, 3.05) is 0 Å². The first-order valence-corrected chi connectivity index (χ1v) is 4.30. The molecule has 0 radical (unpaired) electrons. The Bertz CT molecular complexity index is 406. The van der Waals surface area contributed by atoms with Crippen LogP contribution in [-0.2, 0) is 17.8 Å². The van der Waals surface area contributed by atoms with Gasteiger partial charge in [-0.3, -0.25) is 4.79 Å². The van der Waals surface area contributed by atoms with Gasteiger partial charge in [0.05, 0.1) is 12.0 Å². The molecule has 2 N–H and O–H groups in total. The highest BCUT2D eigenvalue weighted by molar-refractivity contribution is 5.90. The van der Waals surface area contributed by atoms with Crippen molar-refractivity contribution >= 4 is 11.9 Å². The highest BCUT2D eigenvalue weighted by atomic mass is 16.4. The minimum Gasteiger partial charge on any atom is -0.481 e. The lowest BCUT2D eigenvalue weighted by Crippen LogP contribution is -2.11. The largest absolute Gasteiger partial charge is 0.481 e. The van der Waals surface area contributed by atoms with E-state index in [0.717, 1.165) is 0 Å². The van der Waals surface area contributed by atoms with Crippen molar-refractivity contribution in [3.63, 3.8) is 0 Å². The first-order chi connectivity index (χ1) is 7.06. The molecule has 0 aliphatic rings. The molecule has 0 bridgehead atoms. The Morgan fingerprint density at radius 3 is 2.60 bits per heavy atom. The molecule has 5 heteroatoms. The van der Waals surface area contributed by atoms with Gasteiger partial charge < -0.3 is 14.8 Å². The number of rotatable bonds is 5. The summed E-state index contributed by atoms with van der Waals surface area (Å²) in [5, 5.41) is 17.5. The predicted molar refractivity (Wildman–Crippen MR) is 52.9 cm³/mol. The summed E-state index contributed by atoms with van der Waals surface area (Å²) in [4.78, 5) is 21.4. The molecule has 0 aliphatic heterocycles. The van der Waals surface area contributed by atoms with Gasteiger partial charge in [0.1, 0.15) is 0 Å². The van der Waals surface area contributed by atoms with Gasteiger partial charge in [0, 0.05) is 18.4 Å². The molecule has 0 saturated heterocycles. The van der Waals surface area contributed by atoms with Crippen LogP contribution in [0.2, 0.25) is 0 Å². The van der Waals surface area contributed by atoms with Crippen LogP contribution < -0.4 is 0 Å². The Balaban J connectivity index is 3.13. The molecule has 0 fully saturated rings. The van der Waals surface area contributed by atoms with Gasteiger partial charge in [-0.05, 0) is 6.07 Å². The SMILES string of the molecule is C=CCn1ccc(C(=O)O)c1CC(=O)O. The van der Waals surface area contributed by atoms with E-state index in [1.165, 1.54) is 6.07 Å². The monoisotopic (exact) mass is 209 g/mol. The summed E-state index contributed by atoms with van der Waals surface area (Å²) in [5.74, 6) is -2.17. The van der Waals surface area contributed by atoms with E-state index in [9.17, 15) is 9.59 Å².